The van der Waals surface area contributed by atoms with Crippen LogP contribution >= 0.6 is 0 Å². The van der Waals surface area contributed by atoms with Crippen molar-refractivity contribution in [2.75, 3.05) is 25.5 Å². The van der Waals surface area contributed by atoms with E-state index in [-0.39, 0.29) is 25.5 Å². The highest BCUT2D eigenvalue weighted by Crippen LogP contribution is 2.12. The maximum absolute atomic E-state index is 11.4. The number of esters is 1. The van der Waals surface area contributed by atoms with E-state index in [1.54, 1.807) is 31.2 Å². The second-order valence-electron chi connectivity index (χ2n) is 3.75. The number of anilines is 1. The predicted octanol–water partition coefficient (Wildman–Crippen LogP) is 0.717. The van der Waals surface area contributed by atoms with Gasteiger partial charge >= 0.3 is 5.97 Å². The number of carbonyl (C=O) groups is 2. The largest absolute Gasteiger partial charge is 0.493 e. The summed E-state index contributed by atoms with van der Waals surface area (Å²) in [7, 11) is 0. The summed E-state index contributed by atoms with van der Waals surface area (Å²) in [4.78, 5) is 22.4. The molecule has 0 fully saturated rings. The highest BCUT2D eigenvalue weighted by atomic mass is 16.5. The maximum atomic E-state index is 11.4. The van der Waals surface area contributed by atoms with Gasteiger partial charge in [-0.3, -0.25) is 9.59 Å². The van der Waals surface area contributed by atoms with E-state index in [0.717, 1.165) is 0 Å². The quantitative estimate of drug-likeness (QED) is 0.560. The van der Waals surface area contributed by atoms with E-state index < -0.39 is 5.97 Å². The number of nitrogens with one attached hydrogen (secondary N) is 1. The molecule has 0 spiro atoms. The van der Waals surface area contributed by atoms with Gasteiger partial charge in [-0.25, -0.2) is 0 Å². The lowest BCUT2D eigenvalue weighted by Crippen LogP contribution is -2.31. The van der Waals surface area contributed by atoms with Crippen LogP contribution in [-0.4, -0.2) is 31.6 Å². The van der Waals surface area contributed by atoms with Crippen molar-refractivity contribution in [2.24, 2.45) is 0 Å². The third kappa shape index (κ3) is 6.30. The number of hydrogen-bond donors (Lipinski definition) is 2. The molecule has 0 heterocycles. The molecule has 0 saturated carbocycles. The van der Waals surface area contributed by atoms with Crippen LogP contribution in [0.1, 0.15) is 13.3 Å². The number of amides is 1. The molecule has 0 bridgehead atoms. The summed E-state index contributed by atoms with van der Waals surface area (Å²) in [6.07, 6.45) is 0.170. The van der Waals surface area contributed by atoms with Gasteiger partial charge in [-0.2, -0.15) is 0 Å². The Bertz CT molecular complexity index is 417. The Morgan fingerprint density at radius 1 is 1.26 bits per heavy atom. The van der Waals surface area contributed by atoms with Crippen molar-refractivity contribution < 1.29 is 19.1 Å². The lowest BCUT2D eigenvalue weighted by atomic mass is 10.3. The SMILES string of the molecule is CCOC(=O)CNC(=O)CCOc1ccc(N)cc1. The van der Waals surface area contributed by atoms with Crippen LogP contribution in [0.15, 0.2) is 24.3 Å². The molecule has 1 aromatic carbocycles. The topological polar surface area (TPSA) is 90.6 Å². The Balaban J connectivity index is 2.16. The molecule has 0 radical (unpaired) electrons. The van der Waals surface area contributed by atoms with E-state index >= 15 is 0 Å². The number of ether oxygens (including phenoxy) is 2. The van der Waals surface area contributed by atoms with E-state index in [0.29, 0.717) is 18.0 Å². The smallest absolute Gasteiger partial charge is 0.325 e. The summed E-state index contributed by atoms with van der Waals surface area (Å²) < 4.78 is 10.0. The summed E-state index contributed by atoms with van der Waals surface area (Å²) in [5.74, 6) is -0.0637. The maximum Gasteiger partial charge on any atom is 0.325 e. The number of rotatable bonds is 7. The van der Waals surface area contributed by atoms with Gasteiger partial charge in [0.15, 0.2) is 0 Å². The first-order chi connectivity index (χ1) is 9.11. The average Bonchev–Trinajstić information content (AvgIpc) is 2.39. The second-order valence-corrected chi connectivity index (χ2v) is 3.75. The molecule has 0 atom stereocenters. The highest BCUT2D eigenvalue weighted by molar-refractivity contribution is 5.81. The fraction of sp³-hybridized carbons (Fsp3) is 0.385. The van der Waals surface area contributed by atoms with Crippen molar-refractivity contribution in [3.05, 3.63) is 24.3 Å². The molecule has 0 aliphatic rings. The average molecular weight is 266 g/mol. The van der Waals surface area contributed by atoms with Crippen molar-refractivity contribution in [1.29, 1.82) is 0 Å². The zero-order valence-electron chi connectivity index (χ0n) is 10.8. The minimum atomic E-state index is -0.449. The molecular weight excluding hydrogens is 248 g/mol. The molecular formula is C13H18N2O4. The van der Waals surface area contributed by atoms with E-state index in [4.69, 9.17) is 10.5 Å². The van der Waals surface area contributed by atoms with E-state index in [9.17, 15) is 9.59 Å². The van der Waals surface area contributed by atoms with Crippen molar-refractivity contribution in [3.63, 3.8) is 0 Å². The van der Waals surface area contributed by atoms with Crippen LogP contribution in [-0.2, 0) is 14.3 Å². The molecule has 6 nitrogen and oxygen atoms in total. The van der Waals surface area contributed by atoms with Gasteiger partial charge in [-0.1, -0.05) is 0 Å². The van der Waals surface area contributed by atoms with E-state index in [1.165, 1.54) is 0 Å². The van der Waals surface area contributed by atoms with Crippen LogP contribution in [0.2, 0.25) is 0 Å². The summed E-state index contributed by atoms with van der Waals surface area (Å²) in [5.41, 5.74) is 6.18. The Hall–Kier alpha value is -2.24. The minimum Gasteiger partial charge on any atom is -0.493 e. The van der Waals surface area contributed by atoms with Gasteiger partial charge in [0.1, 0.15) is 12.3 Å². The van der Waals surface area contributed by atoms with Crippen LogP contribution in [0, 0.1) is 0 Å². The van der Waals surface area contributed by atoms with Crippen molar-refractivity contribution >= 4 is 17.6 Å². The summed E-state index contributed by atoms with van der Waals surface area (Å²) in [6, 6.07) is 6.89. The zero-order valence-corrected chi connectivity index (χ0v) is 10.8. The van der Waals surface area contributed by atoms with Crippen molar-refractivity contribution in [3.8, 4) is 5.75 Å². The lowest BCUT2D eigenvalue weighted by Gasteiger charge is -2.07. The molecule has 0 unspecified atom stereocenters. The second kappa shape index (κ2) is 7.97. The Labute approximate surface area is 111 Å². The number of hydrogen-bond acceptors (Lipinski definition) is 5. The van der Waals surface area contributed by atoms with Gasteiger partial charge in [0, 0.05) is 5.69 Å². The van der Waals surface area contributed by atoms with Gasteiger partial charge in [0.2, 0.25) is 5.91 Å². The molecule has 0 aliphatic carbocycles. The van der Waals surface area contributed by atoms with Crippen molar-refractivity contribution in [2.45, 2.75) is 13.3 Å². The van der Waals surface area contributed by atoms with Crippen LogP contribution in [0.4, 0.5) is 5.69 Å². The van der Waals surface area contributed by atoms with Gasteiger partial charge in [0.25, 0.3) is 0 Å². The fourth-order valence-electron chi connectivity index (χ4n) is 1.30. The molecule has 1 amide bonds. The van der Waals surface area contributed by atoms with Gasteiger partial charge < -0.3 is 20.5 Å². The van der Waals surface area contributed by atoms with Crippen LogP contribution in [0.3, 0.4) is 0 Å². The molecule has 0 aliphatic heterocycles. The first kappa shape index (κ1) is 14.8. The van der Waals surface area contributed by atoms with E-state index in [2.05, 4.69) is 10.1 Å². The monoisotopic (exact) mass is 266 g/mol. The van der Waals surface area contributed by atoms with E-state index in [1.807, 2.05) is 0 Å². The predicted molar refractivity (Wildman–Crippen MR) is 70.6 cm³/mol. The van der Waals surface area contributed by atoms with Crippen LogP contribution in [0.25, 0.3) is 0 Å². The highest BCUT2D eigenvalue weighted by Gasteiger charge is 2.06. The van der Waals surface area contributed by atoms with Gasteiger partial charge in [-0.15, -0.1) is 0 Å². The molecule has 0 saturated heterocycles. The minimum absolute atomic E-state index is 0.117. The molecule has 104 valence electrons. The molecule has 3 N–H and O–H groups in total. The molecule has 1 rings (SSSR count). The van der Waals surface area contributed by atoms with Crippen molar-refractivity contribution in [1.82, 2.24) is 5.32 Å². The third-order valence-corrected chi connectivity index (χ3v) is 2.21. The molecule has 6 heteroatoms. The molecule has 1 aromatic rings. The standard InChI is InChI=1S/C13H18N2O4/c1-2-18-13(17)9-15-12(16)7-8-19-11-5-3-10(14)4-6-11/h3-6H,2,7-9,14H2,1H3,(H,15,16). The van der Waals surface area contributed by atoms with Gasteiger partial charge in [-0.05, 0) is 31.2 Å². The third-order valence-electron chi connectivity index (χ3n) is 2.21. The first-order valence-electron chi connectivity index (χ1n) is 6.02. The lowest BCUT2D eigenvalue weighted by molar-refractivity contribution is -0.143. The number of nitrogens with two attached hydrogens (primary N) is 1. The fourth-order valence-corrected chi connectivity index (χ4v) is 1.30. The number of carbonyl (C=O) groups excluding carboxylic acids is 2. The van der Waals surface area contributed by atoms with Crippen LogP contribution in [0.5, 0.6) is 5.75 Å². The Morgan fingerprint density at radius 2 is 1.95 bits per heavy atom. The Morgan fingerprint density at radius 3 is 2.58 bits per heavy atom. The molecule has 19 heavy (non-hydrogen) atoms. The number of benzene rings is 1. The Kier molecular flexibility index (Phi) is 6.21. The summed E-state index contributed by atoms with van der Waals surface area (Å²) in [6.45, 7) is 2.13. The van der Waals surface area contributed by atoms with Gasteiger partial charge in [0.05, 0.1) is 19.6 Å². The summed E-state index contributed by atoms with van der Waals surface area (Å²) in [5, 5.41) is 2.45. The first-order valence-corrected chi connectivity index (χ1v) is 6.02. The normalized spacial score (nSPS) is 9.74. The van der Waals surface area contributed by atoms with Crippen LogP contribution < -0.4 is 15.8 Å². The number of nitrogen functional groups attached to an aromatic ring is 1. The summed E-state index contributed by atoms with van der Waals surface area (Å²) >= 11 is 0. The molecule has 0 aromatic heterocycles. The zero-order chi connectivity index (χ0) is 14.1.